The molecule has 350 valence electrons. The molecule has 4 bridgehead atoms. The number of aromatic nitrogens is 2. The van der Waals surface area contributed by atoms with Crippen molar-refractivity contribution < 1.29 is 18.9 Å². The van der Waals surface area contributed by atoms with Gasteiger partial charge in [-0.15, -0.1) is 13.2 Å². The van der Waals surface area contributed by atoms with Crippen LogP contribution < -0.4 is 18.9 Å². The van der Waals surface area contributed by atoms with Gasteiger partial charge in [0.2, 0.25) is 11.8 Å². The Bertz CT molecular complexity index is 2600. The van der Waals surface area contributed by atoms with Crippen molar-refractivity contribution in [3.63, 3.8) is 0 Å². The number of rotatable bonds is 14. The average Bonchev–Trinajstić information content (AvgIpc) is 3.38. The molecule has 8 aliphatic rings. The first-order valence-corrected chi connectivity index (χ1v) is 24.7. The highest BCUT2D eigenvalue weighted by molar-refractivity contribution is 5.77. The molecule has 13 rings (SSSR count). The van der Waals surface area contributed by atoms with E-state index in [2.05, 4.69) is 128 Å². The molecule has 8 aliphatic heterocycles. The lowest BCUT2D eigenvalue weighted by Gasteiger charge is -2.57. The summed E-state index contributed by atoms with van der Waals surface area (Å²) in [6, 6.07) is 33.4. The van der Waals surface area contributed by atoms with Gasteiger partial charge in [-0.05, 0) is 127 Å². The van der Waals surface area contributed by atoms with Crippen LogP contribution in [0.15, 0.2) is 132 Å². The van der Waals surface area contributed by atoms with Gasteiger partial charge in [0.1, 0.15) is 29.3 Å². The summed E-state index contributed by atoms with van der Waals surface area (Å²) in [5.41, 5.74) is 6.89. The Kier molecular flexibility index (Phi) is 11.8. The van der Waals surface area contributed by atoms with Gasteiger partial charge in [0, 0.05) is 55.0 Å². The molecule has 4 aromatic carbocycles. The smallest absolute Gasteiger partial charge is 0.229 e. The Morgan fingerprint density at radius 1 is 0.618 bits per heavy atom. The first-order chi connectivity index (χ1) is 33.2. The van der Waals surface area contributed by atoms with Crippen LogP contribution in [0.3, 0.4) is 0 Å². The Balaban J connectivity index is 1.11. The van der Waals surface area contributed by atoms with E-state index in [0.29, 0.717) is 42.3 Å². The normalized spacial score (nSPS) is 30.6. The van der Waals surface area contributed by atoms with Crippen molar-refractivity contribution in [1.82, 2.24) is 19.8 Å². The average molecular weight is 909 g/mol. The van der Waals surface area contributed by atoms with Crippen LogP contribution >= 0.6 is 0 Å². The SMILES string of the molecule is C=CC1CN2CCC1(C)CC2C(Oc1nc(-c2ccccc2)nc(OC(C2CC=Nc3ccc(OC)cc32)C2CC3(C)CCN2CC3C=C)c1-c1ccccc1)C1CC=Nc2ccc(OC)cc21. The molecule has 6 fully saturated rings. The Hall–Kier alpha value is -6.10. The molecule has 10 nitrogen and oxygen atoms in total. The number of benzene rings is 4. The van der Waals surface area contributed by atoms with Crippen LogP contribution in [-0.2, 0) is 0 Å². The number of hydrogen-bond acceptors (Lipinski definition) is 10. The summed E-state index contributed by atoms with van der Waals surface area (Å²) in [5.74, 6) is 3.92. The predicted molar refractivity (Wildman–Crippen MR) is 272 cm³/mol. The van der Waals surface area contributed by atoms with E-state index in [9.17, 15) is 0 Å². The minimum Gasteiger partial charge on any atom is -0.497 e. The Morgan fingerprint density at radius 3 is 1.50 bits per heavy atom. The fourth-order valence-corrected chi connectivity index (χ4v) is 12.8. The Morgan fingerprint density at radius 2 is 1.07 bits per heavy atom. The van der Waals surface area contributed by atoms with E-state index in [4.69, 9.17) is 38.9 Å². The quantitative estimate of drug-likeness (QED) is 0.102. The minimum atomic E-state index is -0.312. The van der Waals surface area contributed by atoms with Gasteiger partial charge in [-0.1, -0.05) is 86.7 Å². The van der Waals surface area contributed by atoms with Crippen LogP contribution in [0.4, 0.5) is 11.4 Å². The molecule has 0 spiro atoms. The first-order valence-electron chi connectivity index (χ1n) is 24.7. The van der Waals surface area contributed by atoms with Gasteiger partial charge in [0.15, 0.2) is 5.82 Å². The summed E-state index contributed by atoms with van der Waals surface area (Å²) >= 11 is 0. The molecule has 5 aromatic rings. The van der Waals surface area contributed by atoms with Gasteiger partial charge in [0.05, 0.1) is 25.6 Å². The van der Waals surface area contributed by atoms with E-state index >= 15 is 0 Å². The zero-order chi connectivity index (χ0) is 46.6. The van der Waals surface area contributed by atoms with Crippen molar-refractivity contribution in [3.05, 3.63) is 133 Å². The molecule has 9 heterocycles. The molecular weight excluding hydrogens is 845 g/mol. The lowest BCUT2D eigenvalue weighted by Crippen LogP contribution is -2.63. The highest BCUT2D eigenvalue weighted by Gasteiger charge is 2.54. The molecule has 1 aromatic heterocycles. The zero-order valence-corrected chi connectivity index (χ0v) is 40.0. The molecular formula is C58H64N6O4. The van der Waals surface area contributed by atoms with E-state index in [1.165, 1.54) is 0 Å². The highest BCUT2D eigenvalue weighted by Crippen LogP contribution is 2.54. The minimum absolute atomic E-state index is 0.0410. The molecule has 0 radical (unpaired) electrons. The van der Waals surface area contributed by atoms with E-state index in [-0.39, 0.29) is 47.0 Å². The van der Waals surface area contributed by atoms with Crippen molar-refractivity contribution >= 4 is 23.8 Å². The van der Waals surface area contributed by atoms with Gasteiger partial charge < -0.3 is 18.9 Å². The predicted octanol–water partition coefficient (Wildman–Crippen LogP) is 11.7. The summed E-state index contributed by atoms with van der Waals surface area (Å²) in [6.45, 7) is 17.4. The maximum absolute atomic E-state index is 7.87. The lowest BCUT2D eigenvalue weighted by molar-refractivity contribution is -0.0870. The molecule has 12 atom stereocenters. The van der Waals surface area contributed by atoms with Crippen LogP contribution in [0.5, 0.6) is 23.3 Å². The summed E-state index contributed by atoms with van der Waals surface area (Å²) in [7, 11) is 3.46. The van der Waals surface area contributed by atoms with Gasteiger partial charge in [-0.3, -0.25) is 19.8 Å². The molecule has 0 amide bonds. The molecule has 0 aliphatic carbocycles. The second-order valence-corrected chi connectivity index (χ2v) is 20.6. The lowest BCUT2D eigenvalue weighted by atomic mass is 9.62. The molecule has 68 heavy (non-hydrogen) atoms. The fourth-order valence-electron chi connectivity index (χ4n) is 12.8. The van der Waals surface area contributed by atoms with Crippen LogP contribution in [-0.4, -0.2) is 96.9 Å². The summed E-state index contributed by atoms with van der Waals surface area (Å²) < 4.78 is 27.5. The monoisotopic (exact) mass is 908 g/mol. The third-order valence-electron chi connectivity index (χ3n) is 16.9. The second-order valence-electron chi connectivity index (χ2n) is 20.6. The number of piperidine rings is 6. The fraction of sp³-hybridized carbons (Fsp3) is 0.414. The number of ether oxygens (including phenoxy) is 4. The van der Waals surface area contributed by atoms with Crippen molar-refractivity contribution in [1.29, 1.82) is 0 Å². The molecule has 0 saturated carbocycles. The van der Waals surface area contributed by atoms with E-state index < -0.39 is 0 Å². The number of fused-ring (bicyclic) bond motifs is 8. The largest absolute Gasteiger partial charge is 0.497 e. The highest BCUT2D eigenvalue weighted by atomic mass is 16.5. The summed E-state index contributed by atoms with van der Waals surface area (Å²) in [4.78, 5) is 26.2. The maximum Gasteiger partial charge on any atom is 0.229 e. The van der Waals surface area contributed by atoms with E-state index in [0.717, 1.165) is 103 Å². The third-order valence-corrected chi connectivity index (χ3v) is 16.9. The number of aliphatic imine (C=N–C) groups is 2. The summed E-state index contributed by atoms with van der Waals surface area (Å²) in [5, 5.41) is 0. The Labute approximate surface area is 401 Å². The maximum atomic E-state index is 7.87. The first kappa shape index (κ1) is 44.4. The van der Waals surface area contributed by atoms with Gasteiger partial charge in [-0.2, -0.15) is 9.97 Å². The van der Waals surface area contributed by atoms with Crippen LogP contribution in [0.25, 0.3) is 22.5 Å². The molecule has 10 heteroatoms. The number of hydrogen-bond donors (Lipinski definition) is 0. The van der Waals surface area contributed by atoms with Crippen molar-refractivity contribution in [2.75, 3.05) is 40.4 Å². The topological polar surface area (TPSA) is 93.9 Å². The van der Waals surface area contributed by atoms with Crippen molar-refractivity contribution in [3.8, 4) is 45.8 Å². The third kappa shape index (κ3) is 7.93. The van der Waals surface area contributed by atoms with Crippen molar-refractivity contribution in [2.45, 2.75) is 88.5 Å². The van der Waals surface area contributed by atoms with Gasteiger partial charge in [0.25, 0.3) is 0 Å². The standard InChI is InChI=1S/C58H64N6O4/c1-7-39-35-63-29-25-57(39,3)33-49(63)52(43-23-27-59-47-21-19-41(65-5)31-45(43)47)67-55-51(37-15-11-9-12-16-37)56(62-54(61-55)38-17-13-10-14-18-38)68-53(50-34-58(4)26-30-64(50)36-40(58)8-2)44-24-28-60-48-22-20-42(66-6)32-46(44)48/h7-22,27-28,31-32,39-40,43-44,49-50,52-53H,1-2,23-26,29-30,33-36H2,3-6H3. The van der Waals surface area contributed by atoms with Crippen molar-refractivity contribution in [2.24, 2.45) is 32.7 Å². The second kappa shape index (κ2) is 18.1. The molecule has 0 N–H and O–H groups in total. The van der Waals surface area contributed by atoms with Gasteiger partial charge in [-0.25, -0.2) is 0 Å². The zero-order valence-electron chi connectivity index (χ0n) is 40.0. The number of methoxy groups -OCH3 is 2. The van der Waals surface area contributed by atoms with E-state index in [1.807, 2.05) is 30.3 Å². The van der Waals surface area contributed by atoms with Crippen LogP contribution in [0.2, 0.25) is 0 Å². The van der Waals surface area contributed by atoms with E-state index in [1.54, 1.807) is 14.2 Å². The molecule has 12 unspecified atom stereocenters. The number of nitrogens with zero attached hydrogens (tertiary/aromatic N) is 6. The summed E-state index contributed by atoms with van der Waals surface area (Å²) in [6.07, 6.45) is 13.5. The van der Waals surface area contributed by atoms with Crippen LogP contribution in [0.1, 0.15) is 75.3 Å². The van der Waals surface area contributed by atoms with Gasteiger partial charge >= 0.3 is 0 Å². The van der Waals surface area contributed by atoms with Crippen LogP contribution in [0, 0.1) is 22.7 Å². The molecule has 6 saturated heterocycles.